The minimum absolute atomic E-state index is 0.324. The zero-order valence-corrected chi connectivity index (χ0v) is 12.5. The van der Waals surface area contributed by atoms with E-state index in [1.807, 2.05) is 0 Å². The molecule has 2 heterocycles. The van der Waals surface area contributed by atoms with E-state index in [2.05, 4.69) is 16.7 Å². The minimum atomic E-state index is -0.324. The highest BCUT2D eigenvalue weighted by Crippen LogP contribution is 2.36. The Balaban J connectivity index is 1.67. The molecule has 0 bridgehead atoms. The van der Waals surface area contributed by atoms with Crippen LogP contribution in [0.15, 0.2) is 0 Å². The number of hydrogen-bond acceptors (Lipinski definition) is 5. The van der Waals surface area contributed by atoms with E-state index in [9.17, 15) is 5.11 Å². The largest absolute Gasteiger partial charge is 0.387 e. The first-order valence-electron chi connectivity index (χ1n) is 7.43. The van der Waals surface area contributed by atoms with Gasteiger partial charge in [0.1, 0.15) is 0 Å². The van der Waals surface area contributed by atoms with E-state index in [-0.39, 0.29) is 6.10 Å². The molecule has 1 aliphatic heterocycles. The summed E-state index contributed by atoms with van der Waals surface area (Å²) in [6, 6.07) is 0. The summed E-state index contributed by atoms with van der Waals surface area (Å²) in [5, 5.41) is 11.1. The van der Waals surface area contributed by atoms with Gasteiger partial charge in [0, 0.05) is 31.1 Å². The molecule has 106 valence electrons. The second kappa shape index (κ2) is 5.77. The number of aliphatic hydroxyl groups excluding tert-OH is 1. The molecule has 1 atom stereocenters. The number of fused-ring (bicyclic) bond motifs is 1. The number of piperazine rings is 1. The topological polar surface area (TPSA) is 39.6 Å². The lowest BCUT2D eigenvalue weighted by Gasteiger charge is -2.34. The Morgan fingerprint density at radius 1 is 1.32 bits per heavy atom. The number of aliphatic hydroxyl groups is 1. The summed E-state index contributed by atoms with van der Waals surface area (Å²) in [6.45, 7) is 7.87. The normalized spacial score (nSPS) is 24.5. The van der Waals surface area contributed by atoms with Crippen LogP contribution in [0, 0.1) is 0 Å². The molecule has 1 saturated heterocycles. The maximum atomic E-state index is 10.0. The Kier molecular flexibility index (Phi) is 4.05. The fourth-order valence-corrected chi connectivity index (χ4v) is 4.21. The lowest BCUT2D eigenvalue weighted by atomic mass is 10.0. The minimum Gasteiger partial charge on any atom is -0.387 e. The zero-order valence-electron chi connectivity index (χ0n) is 11.6. The summed E-state index contributed by atoms with van der Waals surface area (Å²) in [5.41, 5.74) is 0.960. The summed E-state index contributed by atoms with van der Waals surface area (Å²) in [5.74, 6) is 0. The Labute approximate surface area is 119 Å². The molecule has 5 heteroatoms. The molecule has 0 spiro atoms. The molecule has 1 aliphatic carbocycles. The lowest BCUT2D eigenvalue weighted by Crippen LogP contribution is -2.46. The Bertz CT molecular complexity index is 426. The molecule has 19 heavy (non-hydrogen) atoms. The molecule has 1 unspecified atom stereocenters. The second-order valence-electron chi connectivity index (χ2n) is 5.54. The third-order valence-corrected chi connectivity index (χ3v) is 5.29. The fraction of sp³-hybridized carbons (Fsp3) is 0.786. The Morgan fingerprint density at radius 3 is 2.79 bits per heavy atom. The molecule has 0 radical (unpaired) electrons. The van der Waals surface area contributed by atoms with Gasteiger partial charge in [0.05, 0.1) is 11.8 Å². The molecule has 0 saturated carbocycles. The van der Waals surface area contributed by atoms with Crippen LogP contribution in [-0.2, 0) is 6.42 Å². The molecule has 0 aromatic carbocycles. The van der Waals surface area contributed by atoms with E-state index in [1.54, 1.807) is 11.3 Å². The third-order valence-electron chi connectivity index (χ3n) is 4.10. The lowest BCUT2D eigenvalue weighted by molar-refractivity contribution is 0.153. The van der Waals surface area contributed by atoms with Crippen molar-refractivity contribution in [2.45, 2.75) is 38.7 Å². The highest BCUT2D eigenvalue weighted by molar-refractivity contribution is 7.15. The molecule has 4 nitrogen and oxygen atoms in total. The van der Waals surface area contributed by atoms with Crippen molar-refractivity contribution in [1.29, 1.82) is 0 Å². The van der Waals surface area contributed by atoms with Crippen LogP contribution in [0.5, 0.6) is 0 Å². The fourth-order valence-electron chi connectivity index (χ4n) is 3.00. The van der Waals surface area contributed by atoms with Crippen molar-refractivity contribution >= 4 is 16.5 Å². The Morgan fingerprint density at radius 2 is 2.11 bits per heavy atom. The number of aromatic nitrogens is 1. The van der Waals surface area contributed by atoms with Crippen LogP contribution in [0.3, 0.4) is 0 Å². The summed E-state index contributed by atoms with van der Waals surface area (Å²) < 4.78 is 0. The SMILES string of the molecule is CCCN1CCN(c2nc3c(s2)CCCC3O)CC1. The quantitative estimate of drug-likeness (QED) is 0.920. The van der Waals surface area contributed by atoms with E-state index in [4.69, 9.17) is 4.98 Å². The number of thiazole rings is 1. The average molecular weight is 281 g/mol. The van der Waals surface area contributed by atoms with Crippen LogP contribution in [0.1, 0.15) is 42.9 Å². The van der Waals surface area contributed by atoms with E-state index in [0.29, 0.717) is 0 Å². The van der Waals surface area contributed by atoms with Gasteiger partial charge in [-0.3, -0.25) is 4.90 Å². The van der Waals surface area contributed by atoms with Crippen LogP contribution in [0.25, 0.3) is 0 Å². The van der Waals surface area contributed by atoms with E-state index in [1.165, 1.54) is 17.8 Å². The van der Waals surface area contributed by atoms with Crippen molar-refractivity contribution in [3.63, 3.8) is 0 Å². The molecule has 3 rings (SSSR count). The van der Waals surface area contributed by atoms with Crippen LogP contribution < -0.4 is 4.90 Å². The number of rotatable bonds is 3. The molecule has 1 aromatic heterocycles. The van der Waals surface area contributed by atoms with Gasteiger partial charge in [-0.2, -0.15) is 0 Å². The van der Waals surface area contributed by atoms with E-state index >= 15 is 0 Å². The average Bonchev–Trinajstić information content (AvgIpc) is 2.85. The van der Waals surface area contributed by atoms with Gasteiger partial charge < -0.3 is 10.0 Å². The molecule has 2 aliphatic rings. The smallest absolute Gasteiger partial charge is 0.185 e. The van der Waals surface area contributed by atoms with E-state index in [0.717, 1.165) is 56.3 Å². The standard InChI is InChI=1S/C14H23N3OS/c1-2-6-16-7-9-17(10-8-16)14-15-13-11(18)4-3-5-12(13)19-14/h11,18H,2-10H2,1H3. The summed E-state index contributed by atoms with van der Waals surface area (Å²) >= 11 is 1.80. The van der Waals surface area contributed by atoms with Gasteiger partial charge in [-0.15, -0.1) is 11.3 Å². The van der Waals surface area contributed by atoms with Crippen LogP contribution >= 0.6 is 11.3 Å². The van der Waals surface area contributed by atoms with Crippen LogP contribution in [0.4, 0.5) is 5.13 Å². The molecular formula is C14H23N3OS. The molecular weight excluding hydrogens is 258 g/mol. The van der Waals surface area contributed by atoms with Gasteiger partial charge in [0.25, 0.3) is 0 Å². The molecule has 1 N–H and O–H groups in total. The predicted octanol–water partition coefficient (Wildman–Crippen LogP) is 2.04. The van der Waals surface area contributed by atoms with Crippen LogP contribution in [-0.4, -0.2) is 47.7 Å². The maximum absolute atomic E-state index is 10.0. The predicted molar refractivity (Wildman–Crippen MR) is 79.0 cm³/mol. The first kappa shape index (κ1) is 13.3. The summed E-state index contributed by atoms with van der Waals surface area (Å²) in [6.07, 6.45) is 3.98. The van der Waals surface area contributed by atoms with Gasteiger partial charge in [-0.25, -0.2) is 4.98 Å². The number of hydrogen-bond donors (Lipinski definition) is 1. The summed E-state index contributed by atoms with van der Waals surface area (Å²) in [7, 11) is 0. The first-order valence-corrected chi connectivity index (χ1v) is 8.24. The maximum Gasteiger partial charge on any atom is 0.185 e. The third kappa shape index (κ3) is 2.78. The van der Waals surface area contributed by atoms with Gasteiger partial charge in [-0.05, 0) is 32.2 Å². The highest BCUT2D eigenvalue weighted by Gasteiger charge is 2.26. The van der Waals surface area contributed by atoms with Crippen molar-refractivity contribution in [2.75, 3.05) is 37.6 Å². The molecule has 1 aromatic rings. The Hall–Kier alpha value is -0.650. The first-order chi connectivity index (χ1) is 9.28. The van der Waals surface area contributed by atoms with Gasteiger partial charge >= 0.3 is 0 Å². The number of aryl methyl sites for hydroxylation is 1. The van der Waals surface area contributed by atoms with Gasteiger partial charge in [0.15, 0.2) is 5.13 Å². The van der Waals surface area contributed by atoms with Crippen molar-refractivity contribution in [1.82, 2.24) is 9.88 Å². The van der Waals surface area contributed by atoms with Crippen molar-refractivity contribution in [3.05, 3.63) is 10.6 Å². The molecule has 0 amide bonds. The highest BCUT2D eigenvalue weighted by atomic mass is 32.1. The van der Waals surface area contributed by atoms with E-state index < -0.39 is 0 Å². The zero-order chi connectivity index (χ0) is 13.2. The van der Waals surface area contributed by atoms with Gasteiger partial charge in [0.2, 0.25) is 0 Å². The number of nitrogens with zero attached hydrogens (tertiary/aromatic N) is 3. The monoisotopic (exact) mass is 281 g/mol. The molecule has 1 fully saturated rings. The van der Waals surface area contributed by atoms with Gasteiger partial charge in [-0.1, -0.05) is 6.92 Å². The van der Waals surface area contributed by atoms with Crippen LogP contribution in [0.2, 0.25) is 0 Å². The van der Waals surface area contributed by atoms with Crippen molar-refractivity contribution in [3.8, 4) is 0 Å². The van der Waals surface area contributed by atoms with Crippen molar-refractivity contribution < 1.29 is 5.11 Å². The summed E-state index contributed by atoms with van der Waals surface area (Å²) in [4.78, 5) is 10.9. The van der Waals surface area contributed by atoms with Crippen molar-refractivity contribution in [2.24, 2.45) is 0 Å². The second-order valence-corrected chi connectivity index (χ2v) is 6.60. The number of anilines is 1.